The fourth-order valence-corrected chi connectivity index (χ4v) is 4.71. The molecular weight excluding hydrogens is 416 g/mol. The number of rotatable bonds is 6. The number of nitrogens with zero attached hydrogens (tertiary/aromatic N) is 3. The monoisotopic (exact) mass is 436 g/mol. The van der Waals surface area contributed by atoms with Crippen molar-refractivity contribution in [3.63, 3.8) is 0 Å². The first-order valence-corrected chi connectivity index (χ1v) is 11.4. The average Bonchev–Trinajstić information content (AvgIpc) is 3.29. The van der Waals surface area contributed by atoms with Gasteiger partial charge in [-0.05, 0) is 24.3 Å². The van der Waals surface area contributed by atoms with Crippen LogP contribution in [0, 0.1) is 11.3 Å². The minimum atomic E-state index is -0.188. The molecule has 2 heterocycles. The number of nitriles is 1. The number of aromatic nitrogens is 1. The van der Waals surface area contributed by atoms with Gasteiger partial charge in [-0.25, -0.2) is 4.98 Å². The summed E-state index contributed by atoms with van der Waals surface area (Å²) in [7, 11) is 0. The van der Waals surface area contributed by atoms with E-state index in [-0.39, 0.29) is 5.91 Å². The Labute approximate surface area is 183 Å². The third-order valence-corrected chi connectivity index (χ3v) is 6.48. The van der Waals surface area contributed by atoms with Crippen LogP contribution < -0.4 is 10.2 Å². The molecule has 1 aliphatic heterocycles. The minimum Gasteiger partial charge on any atom is -0.378 e. The summed E-state index contributed by atoms with van der Waals surface area (Å²) in [6.45, 7) is 3.21. The van der Waals surface area contributed by atoms with Gasteiger partial charge in [0, 0.05) is 34.6 Å². The second-order valence-corrected chi connectivity index (χ2v) is 8.44. The number of carbonyl (C=O) groups excluding carboxylic acids is 1. The van der Waals surface area contributed by atoms with Crippen molar-refractivity contribution in [2.75, 3.05) is 42.3 Å². The molecule has 1 saturated heterocycles. The number of amides is 1. The Bertz CT molecular complexity index is 1050. The minimum absolute atomic E-state index is 0.188. The highest BCUT2D eigenvalue weighted by molar-refractivity contribution is 7.99. The van der Waals surface area contributed by atoms with Crippen molar-refractivity contribution in [1.29, 1.82) is 5.26 Å². The Morgan fingerprint density at radius 2 is 1.97 bits per heavy atom. The zero-order valence-corrected chi connectivity index (χ0v) is 17.8. The zero-order chi connectivity index (χ0) is 20.8. The lowest BCUT2D eigenvalue weighted by atomic mass is 10.1. The van der Waals surface area contributed by atoms with Crippen LogP contribution in [-0.4, -0.2) is 42.9 Å². The van der Waals surface area contributed by atoms with E-state index in [9.17, 15) is 4.79 Å². The normalized spacial score (nSPS) is 13.6. The van der Waals surface area contributed by atoms with E-state index in [0.29, 0.717) is 17.0 Å². The van der Waals surface area contributed by atoms with Gasteiger partial charge in [-0.15, -0.1) is 23.1 Å². The van der Waals surface area contributed by atoms with Crippen molar-refractivity contribution in [2.45, 2.75) is 4.90 Å². The molecule has 1 fully saturated rings. The summed E-state index contributed by atoms with van der Waals surface area (Å²) in [4.78, 5) is 20.5. The van der Waals surface area contributed by atoms with E-state index in [2.05, 4.69) is 21.7 Å². The van der Waals surface area contributed by atoms with Gasteiger partial charge in [-0.3, -0.25) is 4.79 Å². The molecule has 8 heteroatoms. The number of morpholine rings is 1. The lowest BCUT2D eigenvalue weighted by Gasteiger charge is -2.26. The van der Waals surface area contributed by atoms with Crippen LogP contribution in [0.3, 0.4) is 0 Å². The predicted molar refractivity (Wildman–Crippen MR) is 121 cm³/mol. The Kier molecular flexibility index (Phi) is 6.64. The summed E-state index contributed by atoms with van der Waals surface area (Å²) in [6, 6.07) is 17.1. The Morgan fingerprint density at radius 1 is 1.20 bits per heavy atom. The fraction of sp³-hybridized carbons (Fsp3) is 0.227. The van der Waals surface area contributed by atoms with Gasteiger partial charge in [-0.2, -0.15) is 5.26 Å². The maximum absolute atomic E-state index is 12.7. The van der Waals surface area contributed by atoms with E-state index < -0.39 is 0 Å². The van der Waals surface area contributed by atoms with Crippen LogP contribution in [0.4, 0.5) is 10.8 Å². The van der Waals surface area contributed by atoms with Gasteiger partial charge in [0.15, 0.2) is 5.13 Å². The van der Waals surface area contributed by atoms with Crippen LogP contribution in [0.1, 0.15) is 10.4 Å². The quantitative estimate of drug-likeness (QED) is 0.573. The Morgan fingerprint density at radius 3 is 2.73 bits per heavy atom. The lowest BCUT2D eigenvalue weighted by molar-refractivity contribution is 0.102. The topological polar surface area (TPSA) is 78.2 Å². The van der Waals surface area contributed by atoms with Crippen LogP contribution in [0.2, 0.25) is 0 Å². The maximum Gasteiger partial charge on any atom is 0.256 e. The number of anilines is 2. The van der Waals surface area contributed by atoms with E-state index in [0.717, 1.165) is 47.6 Å². The van der Waals surface area contributed by atoms with Gasteiger partial charge in [0.05, 0.1) is 36.3 Å². The highest BCUT2D eigenvalue weighted by Gasteiger charge is 2.16. The van der Waals surface area contributed by atoms with Crippen LogP contribution in [0.15, 0.2) is 58.8 Å². The summed E-state index contributed by atoms with van der Waals surface area (Å²) in [5.41, 5.74) is 3.22. The molecule has 1 N–H and O–H groups in total. The summed E-state index contributed by atoms with van der Waals surface area (Å²) in [5.74, 6) is 0.117. The van der Waals surface area contributed by atoms with E-state index in [4.69, 9.17) is 15.0 Å². The number of hydrogen-bond donors (Lipinski definition) is 1. The van der Waals surface area contributed by atoms with Crippen molar-refractivity contribution in [3.8, 4) is 17.3 Å². The van der Waals surface area contributed by atoms with Crippen LogP contribution in [0.5, 0.6) is 0 Å². The molecular formula is C22H20N4O2S2. The molecule has 152 valence electrons. The highest BCUT2D eigenvalue weighted by atomic mass is 32.2. The molecule has 2 aromatic carbocycles. The van der Waals surface area contributed by atoms with E-state index >= 15 is 0 Å². The standard InChI is InChI=1S/C22H20N4O2S2/c23-9-14-29-20-4-2-1-3-18(20)21(27)24-17-7-5-16(6-8-17)19-15-30-22(25-19)26-10-12-28-13-11-26/h1-8,15H,10-14H2,(H,24,27). The number of nitrogens with one attached hydrogen (secondary N) is 1. The second kappa shape index (κ2) is 9.76. The molecule has 0 aliphatic carbocycles. The third kappa shape index (κ3) is 4.82. The number of thioether (sulfide) groups is 1. The molecule has 0 bridgehead atoms. The molecule has 0 radical (unpaired) electrons. The number of benzene rings is 2. The van der Waals surface area contributed by atoms with Gasteiger partial charge in [0.1, 0.15) is 0 Å². The molecule has 0 unspecified atom stereocenters. The van der Waals surface area contributed by atoms with Crippen molar-refractivity contribution >= 4 is 39.8 Å². The first kappa shape index (κ1) is 20.4. The van der Waals surface area contributed by atoms with Crippen molar-refractivity contribution in [1.82, 2.24) is 4.98 Å². The smallest absolute Gasteiger partial charge is 0.256 e. The number of carbonyl (C=O) groups is 1. The lowest BCUT2D eigenvalue weighted by Crippen LogP contribution is -2.36. The number of hydrogen-bond acceptors (Lipinski definition) is 7. The molecule has 0 atom stereocenters. The van der Waals surface area contributed by atoms with Gasteiger partial charge in [0.25, 0.3) is 5.91 Å². The van der Waals surface area contributed by atoms with Crippen LogP contribution >= 0.6 is 23.1 Å². The summed E-state index contributed by atoms with van der Waals surface area (Å²) in [5, 5.41) is 14.8. The summed E-state index contributed by atoms with van der Waals surface area (Å²) < 4.78 is 5.40. The zero-order valence-electron chi connectivity index (χ0n) is 16.2. The number of thiazole rings is 1. The average molecular weight is 437 g/mol. The van der Waals surface area contributed by atoms with Gasteiger partial charge in [-0.1, -0.05) is 24.3 Å². The van der Waals surface area contributed by atoms with Gasteiger partial charge < -0.3 is 15.0 Å². The number of ether oxygens (including phenoxy) is 1. The molecule has 3 aromatic rings. The fourth-order valence-electron chi connectivity index (χ4n) is 3.11. The van der Waals surface area contributed by atoms with Gasteiger partial charge in [0.2, 0.25) is 0 Å². The molecule has 1 aromatic heterocycles. The molecule has 0 saturated carbocycles. The van der Waals surface area contributed by atoms with Crippen molar-refractivity contribution in [3.05, 3.63) is 59.5 Å². The molecule has 0 spiro atoms. The highest BCUT2D eigenvalue weighted by Crippen LogP contribution is 2.29. The first-order valence-electron chi connectivity index (χ1n) is 9.53. The summed E-state index contributed by atoms with van der Waals surface area (Å²) >= 11 is 2.99. The second-order valence-electron chi connectivity index (χ2n) is 6.59. The Balaban J connectivity index is 1.44. The molecule has 1 aliphatic rings. The molecule has 30 heavy (non-hydrogen) atoms. The Hall–Kier alpha value is -2.86. The van der Waals surface area contributed by atoms with Crippen molar-refractivity contribution < 1.29 is 9.53 Å². The SMILES string of the molecule is N#CCSc1ccccc1C(=O)Nc1ccc(-c2csc(N3CCOCC3)n2)cc1. The van der Waals surface area contributed by atoms with E-state index in [1.165, 1.54) is 11.8 Å². The van der Waals surface area contributed by atoms with E-state index in [1.807, 2.05) is 42.5 Å². The third-order valence-electron chi connectivity index (χ3n) is 4.64. The van der Waals surface area contributed by atoms with Gasteiger partial charge >= 0.3 is 0 Å². The predicted octanol–water partition coefficient (Wildman–Crippen LogP) is 4.51. The summed E-state index contributed by atoms with van der Waals surface area (Å²) in [6.07, 6.45) is 0. The van der Waals surface area contributed by atoms with Crippen LogP contribution in [-0.2, 0) is 4.74 Å². The molecule has 4 rings (SSSR count). The van der Waals surface area contributed by atoms with Crippen molar-refractivity contribution in [2.24, 2.45) is 0 Å². The largest absolute Gasteiger partial charge is 0.378 e. The van der Waals surface area contributed by atoms with E-state index in [1.54, 1.807) is 17.4 Å². The maximum atomic E-state index is 12.7. The molecule has 6 nitrogen and oxygen atoms in total. The first-order chi connectivity index (χ1) is 14.7. The van der Waals surface area contributed by atoms with Crippen LogP contribution in [0.25, 0.3) is 11.3 Å². The molecule has 1 amide bonds.